The van der Waals surface area contributed by atoms with Gasteiger partial charge in [0, 0.05) is 22.0 Å². The Morgan fingerprint density at radius 1 is 1.19 bits per heavy atom. The molecule has 0 aliphatic heterocycles. The molecule has 0 N–H and O–H groups in total. The minimum Gasteiger partial charge on any atom is -0.415 e. The molecule has 4 rings (SSSR count). The first-order valence-corrected chi connectivity index (χ1v) is 8.49. The van der Waals surface area contributed by atoms with Crippen molar-refractivity contribution in [3.63, 3.8) is 0 Å². The van der Waals surface area contributed by atoms with Crippen LogP contribution in [0.5, 0.6) is 0 Å². The molecule has 0 spiro atoms. The summed E-state index contributed by atoms with van der Waals surface area (Å²) in [7, 11) is 0. The Balaban J connectivity index is 1.48. The van der Waals surface area contributed by atoms with Gasteiger partial charge in [-0.05, 0) is 25.1 Å². The van der Waals surface area contributed by atoms with Crippen LogP contribution in [0.2, 0.25) is 0 Å². The molecule has 0 saturated heterocycles. The molecule has 0 bridgehead atoms. The summed E-state index contributed by atoms with van der Waals surface area (Å²) in [6, 6.07) is 5.49. The third-order valence-electron chi connectivity index (χ3n) is 3.59. The second-order valence-electron chi connectivity index (χ2n) is 5.53. The zero-order valence-electron chi connectivity index (χ0n) is 13.5. The highest BCUT2D eigenvalue weighted by Crippen LogP contribution is 2.24. The molecular weight excluding hydrogens is 362 g/mol. The molecule has 0 radical (unpaired) electrons. The van der Waals surface area contributed by atoms with E-state index in [0.29, 0.717) is 12.1 Å². The van der Waals surface area contributed by atoms with Gasteiger partial charge in [0.1, 0.15) is 5.69 Å². The first kappa shape index (κ1) is 16.5. The summed E-state index contributed by atoms with van der Waals surface area (Å²) < 4.78 is 31.6. The van der Waals surface area contributed by atoms with Crippen molar-refractivity contribution in [3.05, 3.63) is 52.4 Å². The van der Waals surface area contributed by atoms with E-state index in [4.69, 9.17) is 4.42 Å². The quantitative estimate of drug-likeness (QED) is 0.529. The smallest absolute Gasteiger partial charge is 0.314 e. The number of hydrogen-bond donors (Lipinski definition) is 0. The second kappa shape index (κ2) is 6.71. The molecule has 4 aromatic heterocycles. The summed E-state index contributed by atoms with van der Waals surface area (Å²) in [4.78, 5) is 5.50. The topological polar surface area (TPSA) is 82.5 Å². The molecule has 132 valence electrons. The van der Waals surface area contributed by atoms with E-state index in [1.54, 1.807) is 28.2 Å². The molecule has 0 aliphatic rings. The number of rotatable bonds is 5. The molecule has 10 heteroatoms. The summed E-state index contributed by atoms with van der Waals surface area (Å²) in [6.07, 6.45) is 0.555. The van der Waals surface area contributed by atoms with Gasteiger partial charge in [0.05, 0.1) is 24.0 Å². The van der Waals surface area contributed by atoms with Crippen LogP contribution in [0.15, 0.2) is 40.4 Å². The van der Waals surface area contributed by atoms with Crippen LogP contribution in [-0.2, 0) is 6.54 Å². The fourth-order valence-electron chi connectivity index (χ4n) is 2.34. The van der Waals surface area contributed by atoms with Crippen LogP contribution in [0.3, 0.4) is 0 Å². The zero-order valence-corrected chi connectivity index (χ0v) is 14.3. The van der Waals surface area contributed by atoms with Crippen molar-refractivity contribution in [2.24, 2.45) is 0 Å². The number of hydrogen-bond acceptors (Lipinski definition) is 7. The lowest BCUT2D eigenvalue weighted by atomic mass is 10.2. The Morgan fingerprint density at radius 3 is 2.73 bits per heavy atom. The van der Waals surface area contributed by atoms with E-state index >= 15 is 0 Å². The third-order valence-corrected chi connectivity index (χ3v) is 4.45. The van der Waals surface area contributed by atoms with Gasteiger partial charge < -0.3 is 4.42 Å². The van der Waals surface area contributed by atoms with Crippen molar-refractivity contribution in [2.75, 3.05) is 0 Å². The summed E-state index contributed by atoms with van der Waals surface area (Å²) in [5, 5.41) is 17.2. The van der Waals surface area contributed by atoms with Crippen molar-refractivity contribution in [1.82, 2.24) is 30.2 Å². The molecule has 0 aromatic carbocycles. The van der Waals surface area contributed by atoms with Crippen molar-refractivity contribution in [1.29, 1.82) is 0 Å². The van der Waals surface area contributed by atoms with E-state index in [1.165, 1.54) is 11.1 Å². The first-order valence-electron chi connectivity index (χ1n) is 7.61. The van der Waals surface area contributed by atoms with Crippen LogP contribution in [0.1, 0.15) is 22.9 Å². The van der Waals surface area contributed by atoms with Crippen molar-refractivity contribution in [2.45, 2.75) is 19.9 Å². The first-order chi connectivity index (χ1) is 12.6. The van der Waals surface area contributed by atoms with Gasteiger partial charge in [-0.2, -0.15) is 8.78 Å². The lowest BCUT2D eigenvalue weighted by Gasteiger charge is -2.01. The summed E-state index contributed by atoms with van der Waals surface area (Å²) in [6.45, 7) is 2.47. The molecule has 4 heterocycles. The fourth-order valence-corrected chi connectivity index (χ4v) is 3.03. The summed E-state index contributed by atoms with van der Waals surface area (Å²) in [5.41, 5.74) is 3.05. The standard InChI is InChI=1S/C16H12F2N6OS/c1-9-4-11(8-26-9)13-7-24(23-20-13)6-12-3-2-10(5-19-12)15-21-22-16(25-15)14(17)18/h2-5,7-8,14H,6H2,1H3. The van der Waals surface area contributed by atoms with Crippen LogP contribution in [0.4, 0.5) is 8.78 Å². The number of halogens is 2. The number of aryl methyl sites for hydroxylation is 1. The highest BCUT2D eigenvalue weighted by molar-refractivity contribution is 7.10. The molecule has 7 nitrogen and oxygen atoms in total. The molecular formula is C16H12F2N6OS. The molecule has 0 atom stereocenters. The molecule has 0 amide bonds. The van der Waals surface area contributed by atoms with Gasteiger partial charge in [0.25, 0.3) is 5.89 Å². The second-order valence-corrected chi connectivity index (χ2v) is 6.65. The van der Waals surface area contributed by atoms with Gasteiger partial charge >= 0.3 is 6.43 Å². The van der Waals surface area contributed by atoms with Crippen LogP contribution >= 0.6 is 11.3 Å². The lowest BCUT2D eigenvalue weighted by Crippen LogP contribution is -2.02. The average molecular weight is 374 g/mol. The predicted octanol–water partition coefficient (Wildman–Crippen LogP) is 3.75. The third kappa shape index (κ3) is 3.36. The molecule has 4 aromatic rings. The highest BCUT2D eigenvalue weighted by atomic mass is 32.1. The maximum Gasteiger partial charge on any atom is 0.314 e. The zero-order chi connectivity index (χ0) is 18.1. The van der Waals surface area contributed by atoms with Crippen molar-refractivity contribution in [3.8, 4) is 22.7 Å². The predicted molar refractivity (Wildman–Crippen MR) is 89.7 cm³/mol. The normalized spacial score (nSPS) is 11.4. The van der Waals surface area contributed by atoms with Gasteiger partial charge in [-0.25, -0.2) is 4.68 Å². The van der Waals surface area contributed by atoms with E-state index in [-0.39, 0.29) is 5.89 Å². The molecule has 0 saturated carbocycles. The van der Waals surface area contributed by atoms with Gasteiger partial charge in [-0.3, -0.25) is 4.98 Å². The largest absolute Gasteiger partial charge is 0.415 e. The van der Waals surface area contributed by atoms with Crippen LogP contribution < -0.4 is 0 Å². The van der Waals surface area contributed by atoms with E-state index in [2.05, 4.69) is 31.6 Å². The number of pyridine rings is 1. The van der Waals surface area contributed by atoms with E-state index in [9.17, 15) is 8.78 Å². The monoisotopic (exact) mass is 374 g/mol. The maximum atomic E-state index is 12.5. The van der Waals surface area contributed by atoms with Crippen molar-refractivity contribution < 1.29 is 13.2 Å². The van der Waals surface area contributed by atoms with E-state index in [1.807, 2.05) is 18.5 Å². The van der Waals surface area contributed by atoms with Gasteiger partial charge in [0.15, 0.2) is 0 Å². The number of aromatic nitrogens is 6. The number of alkyl halides is 2. The molecule has 0 fully saturated rings. The lowest BCUT2D eigenvalue weighted by molar-refractivity contribution is 0.116. The SMILES string of the molecule is Cc1cc(-c2cn(Cc3ccc(-c4nnc(C(F)F)o4)cn3)nn2)cs1. The van der Waals surface area contributed by atoms with E-state index in [0.717, 1.165) is 17.0 Å². The van der Waals surface area contributed by atoms with Crippen molar-refractivity contribution >= 4 is 11.3 Å². The Labute approximate surface area is 150 Å². The average Bonchev–Trinajstić information content (AvgIpc) is 3.35. The Kier molecular flexibility index (Phi) is 4.25. The van der Waals surface area contributed by atoms with Crippen LogP contribution in [-0.4, -0.2) is 30.2 Å². The Morgan fingerprint density at radius 2 is 2.08 bits per heavy atom. The molecule has 0 aliphatic carbocycles. The molecule has 0 unspecified atom stereocenters. The summed E-state index contributed by atoms with van der Waals surface area (Å²) >= 11 is 1.66. The Hall–Kier alpha value is -3.01. The number of nitrogens with zero attached hydrogens (tertiary/aromatic N) is 6. The maximum absolute atomic E-state index is 12.5. The minimum atomic E-state index is -2.79. The van der Waals surface area contributed by atoms with Gasteiger partial charge in [-0.1, -0.05) is 5.21 Å². The van der Waals surface area contributed by atoms with Gasteiger partial charge in [-0.15, -0.1) is 26.6 Å². The highest BCUT2D eigenvalue weighted by Gasteiger charge is 2.17. The Bertz CT molecular complexity index is 1020. The van der Waals surface area contributed by atoms with Crippen LogP contribution in [0, 0.1) is 6.92 Å². The summed E-state index contributed by atoms with van der Waals surface area (Å²) in [5.74, 6) is -0.696. The fraction of sp³-hybridized carbons (Fsp3) is 0.188. The number of thiophene rings is 1. The molecule has 26 heavy (non-hydrogen) atoms. The minimum absolute atomic E-state index is 0.00946. The van der Waals surface area contributed by atoms with Crippen LogP contribution in [0.25, 0.3) is 22.7 Å². The van der Waals surface area contributed by atoms with Gasteiger partial charge in [0.2, 0.25) is 5.89 Å². The van der Waals surface area contributed by atoms with E-state index < -0.39 is 12.3 Å².